The molecule has 3 aliphatic carbocycles. The van der Waals surface area contributed by atoms with Crippen LogP contribution in [0.2, 0.25) is 0 Å². The zero-order chi connectivity index (χ0) is 19.3. The fraction of sp³-hybridized carbons (Fsp3) is 0.800. The van der Waals surface area contributed by atoms with Crippen LogP contribution in [0.1, 0.15) is 59.8 Å². The summed E-state index contributed by atoms with van der Waals surface area (Å²) in [7, 11) is 0. The molecule has 6 nitrogen and oxygen atoms in total. The van der Waals surface area contributed by atoms with Crippen molar-refractivity contribution in [1.29, 1.82) is 0 Å². The van der Waals surface area contributed by atoms with E-state index in [1.807, 2.05) is 0 Å². The molecule has 0 aromatic rings. The van der Waals surface area contributed by atoms with E-state index in [1.54, 1.807) is 20.8 Å². The van der Waals surface area contributed by atoms with Gasteiger partial charge in [-0.25, -0.2) is 4.79 Å². The van der Waals surface area contributed by atoms with Crippen molar-refractivity contribution in [3.8, 4) is 0 Å². The van der Waals surface area contributed by atoms with Crippen molar-refractivity contribution in [3.63, 3.8) is 0 Å². The lowest BCUT2D eigenvalue weighted by Crippen LogP contribution is -2.44. The summed E-state index contributed by atoms with van der Waals surface area (Å²) in [6.07, 6.45) is 1.12. The molecule has 5 atom stereocenters. The first-order chi connectivity index (χ1) is 12.0. The molecule has 1 amide bonds. The van der Waals surface area contributed by atoms with Gasteiger partial charge in [0, 0.05) is 18.4 Å². The Bertz CT molecular complexity index is 635. The van der Waals surface area contributed by atoms with Crippen molar-refractivity contribution in [3.05, 3.63) is 11.1 Å². The molecule has 0 radical (unpaired) electrons. The number of hydrogen-bond donors (Lipinski definition) is 3. The average molecular weight is 365 g/mol. The van der Waals surface area contributed by atoms with Crippen LogP contribution in [0.25, 0.3) is 0 Å². The Morgan fingerprint density at radius 2 is 1.96 bits per heavy atom. The Kier molecular flexibility index (Phi) is 4.95. The van der Waals surface area contributed by atoms with E-state index in [1.165, 1.54) is 0 Å². The van der Waals surface area contributed by atoms with Gasteiger partial charge in [-0.3, -0.25) is 4.79 Å². The molecule has 6 heteroatoms. The van der Waals surface area contributed by atoms with E-state index in [9.17, 15) is 19.8 Å². The first-order valence-electron chi connectivity index (χ1n) is 9.64. The molecule has 0 saturated heterocycles. The van der Waals surface area contributed by atoms with Crippen LogP contribution in [0.15, 0.2) is 11.1 Å². The van der Waals surface area contributed by atoms with E-state index < -0.39 is 29.3 Å². The number of alkyl carbamates (subject to hydrolysis) is 1. The Labute approximate surface area is 155 Å². The number of rotatable bonds is 3. The SMILES string of the molecule is C[C@@H]1C[C@H]2C[C@@H](O)C3=C(CCNC(=O)OC(C)(C)C)C(=O)C[C@@]32[C@H](O)C1. The third-order valence-electron chi connectivity index (χ3n) is 6.14. The third kappa shape index (κ3) is 3.29. The van der Waals surface area contributed by atoms with Crippen LogP contribution in [-0.4, -0.2) is 46.4 Å². The van der Waals surface area contributed by atoms with E-state index in [0.717, 1.165) is 12.0 Å². The van der Waals surface area contributed by atoms with Crippen LogP contribution in [0.5, 0.6) is 0 Å². The molecule has 3 aliphatic rings. The van der Waals surface area contributed by atoms with E-state index in [2.05, 4.69) is 12.2 Å². The van der Waals surface area contributed by atoms with Crippen molar-refractivity contribution in [1.82, 2.24) is 5.32 Å². The maximum Gasteiger partial charge on any atom is 0.407 e. The van der Waals surface area contributed by atoms with Crippen molar-refractivity contribution >= 4 is 11.9 Å². The number of carbonyl (C=O) groups is 2. The van der Waals surface area contributed by atoms with Crippen LogP contribution >= 0.6 is 0 Å². The summed E-state index contributed by atoms with van der Waals surface area (Å²) in [5.74, 6) is 0.565. The zero-order valence-electron chi connectivity index (χ0n) is 16.2. The van der Waals surface area contributed by atoms with E-state index in [4.69, 9.17) is 4.74 Å². The van der Waals surface area contributed by atoms with Gasteiger partial charge < -0.3 is 20.3 Å². The monoisotopic (exact) mass is 365 g/mol. The van der Waals surface area contributed by atoms with Gasteiger partial charge in [-0.2, -0.15) is 0 Å². The lowest BCUT2D eigenvalue weighted by Gasteiger charge is -2.44. The maximum atomic E-state index is 12.7. The largest absolute Gasteiger partial charge is 0.444 e. The Morgan fingerprint density at radius 3 is 2.62 bits per heavy atom. The summed E-state index contributed by atoms with van der Waals surface area (Å²) in [6, 6.07) is 0. The second-order valence-corrected chi connectivity index (χ2v) is 9.25. The molecular formula is C20H31NO5. The molecule has 0 aromatic heterocycles. The molecule has 2 saturated carbocycles. The van der Waals surface area contributed by atoms with Crippen molar-refractivity contribution < 1.29 is 24.5 Å². The molecule has 1 spiro atoms. The second-order valence-electron chi connectivity index (χ2n) is 9.25. The number of aliphatic hydroxyl groups is 2. The van der Waals surface area contributed by atoms with Gasteiger partial charge in [0.15, 0.2) is 5.78 Å². The normalized spacial score (nSPS) is 36.8. The van der Waals surface area contributed by atoms with Crippen LogP contribution in [0, 0.1) is 17.3 Å². The molecule has 0 heterocycles. The van der Waals surface area contributed by atoms with Crippen LogP contribution in [-0.2, 0) is 9.53 Å². The minimum atomic E-state index is -0.664. The van der Waals surface area contributed by atoms with Crippen LogP contribution < -0.4 is 5.32 Å². The molecule has 0 aliphatic heterocycles. The van der Waals surface area contributed by atoms with Crippen molar-refractivity contribution in [2.24, 2.45) is 17.3 Å². The van der Waals surface area contributed by atoms with Crippen molar-refractivity contribution in [2.75, 3.05) is 6.54 Å². The average Bonchev–Trinajstić information content (AvgIpc) is 2.91. The van der Waals surface area contributed by atoms with Gasteiger partial charge in [0.25, 0.3) is 0 Å². The molecule has 3 rings (SSSR count). The highest BCUT2D eigenvalue weighted by molar-refractivity contribution is 6.00. The van der Waals surface area contributed by atoms with Gasteiger partial charge in [0.2, 0.25) is 0 Å². The third-order valence-corrected chi connectivity index (χ3v) is 6.14. The van der Waals surface area contributed by atoms with Gasteiger partial charge >= 0.3 is 6.09 Å². The van der Waals surface area contributed by atoms with E-state index >= 15 is 0 Å². The molecule has 146 valence electrons. The lowest BCUT2D eigenvalue weighted by atomic mass is 9.62. The minimum absolute atomic E-state index is 0.00309. The molecule has 0 aromatic carbocycles. The number of Topliss-reactive ketones (excluding diaryl/α,β-unsaturated/α-hetero) is 1. The molecule has 2 fully saturated rings. The molecule has 3 N–H and O–H groups in total. The smallest absolute Gasteiger partial charge is 0.407 e. The summed E-state index contributed by atoms with van der Waals surface area (Å²) in [5.41, 5.74) is 0.198. The minimum Gasteiger partial charge on any atom is -0.444 e. The number of hydrogen-bond acceptors (Lipinski definition) is 5. The first-order valence-corrected chi connectivity index (χ1v) is 9.64. The number of carbonyl (C=O) groups excluding carboxylic acids is 2. The summed E-state index contributed by atoms with van der Waals surface area (Å²) in [6.45, 7) is 7.78. The predicted molar refractivity (Wildman–Crippen MR) is 96.5 cm³/mol. The van der Waals surface area contributed by atoms with Gasteiger partial charge in [-0.05, 0) is 69.4 Å². The zero-order valence-corrected chi connectivity index (χ0v) is 16.2. The highest BCUT2D eigenvalue weighted by Crippen LogP contribution is 2.62. The Hall–Kier alpha value is -1.40. The number of nitrogens with one attached hydrogen (secondary N) is 1. The Morgan fingerprint density at radius 1 is 1.27 bits per heavy atom. The lowest BCUT2D eigenvalue weighted by molar-refractivity contribution is -0.120. The molecule has 0 unspecified atom stereocenters. The predicted octanol–water partition coefficient (Wildman–Crippen LogP) is 2.33. The van der Waals surface area contributed by atoms with Gasteiger partial charge in [0.05, 0.1) is 12.2 Å². The number of amides is 1. The summed E-state index contributed by atoms with van der Waals surface area (Å²) < 4.78 is 5.21. The maximum absolute atomic E-state index is 12.7. The quantitative estimate of drug-likeness (QED) is 0.713. The van der Waals surface area contributed by atoms with Gasteiger partial charge in [0.1, 0.15) is 5.60 Å². The molecular weight excluding hydrogens is 334 g/mol. The Balaban J connectivity index is 1.75. The number of ether oxygens (including phenoxy) is 1. The summed E-state index contributed by atoms with van der Waals surface area (Å²) in [4.78, 5) is 24.5. The van der Waals surface area contributed by atoms with Crippen LogP contribution in [0.4, 0.5) is 4.79 Å². The second kappa shape index (κ2) is 6.64. The summed E-state index contributed by atoms with van der Waals surface area (Å²) in [5, 5.41) is 24.1. The van der Waals surface area contributed by atoms with Gasteiger partial charge in [-0.15, -0.1) is 0 Å². The van der Waals surface area contributed by atoms with E-state index in [-0.39, 0.29) is 18.2 Å². The first kappa shape index (κ1) is 19.4. The number of aliphatic hydroxyl groups excluding tert-OH is 2. The highest BCUT2D eigenvalue weighted by Gasteiger charge is 2.62. The fourth-order valence-electron chi connectivity index (χ4n) is 5.30. The molecule has 26 heavy (non-hydrogen) atoms. The van der Waals surface area contributed by atoms with Crippen molar-refractivity contribution in [2.45, 2.75) is 77.6 Å². The highest BCUT2D eigenvalue weighted by atomic mass is 16.6. The standard InChI is InChI=1S/C20H31NO5/c1-11-7-12-9-14(22)17-13(5-6-21-18(25)26-19(2,3)4)15(23)10-20(12,17)16(24)8-11/h11-12,14,16,22,24H,5-10H2,1-4H3,(H,21,25)/t11-,12+,14-,16-,20-/m1/s1. The van der Waals surface area contributed by atoms with Crippen LogP contribution in [0.3, 0.4) is 0 Å². The van der Waals surface area contributed by atoms with Gasteiger partial charge in [-0.1, -0.05) is 6.92 Å². The number of ketones is 1. The topological polar surface area (TPSA) is 95.9 Å². The summed E-state index contributed by atoms with van der Waals surface area (Å²) >= 11 is 0. The van der Waals surface area contributed by atoms with E-state index in [0.29, 0.717) is 37.2 Å². The fourth-order valence-corrected chi connectivity index (χ4v) is 5.30. The molecule has 0 bridgehead atoms.